The minimum absolute atomic E-state index is 0.0727. The lowest BCUT2D eigenvalue weighted by Crippen LogP contribution is -2.16. The van der Waals surface area contributed by atoms with E-state index in [9.17, 15) is 4.79 Å². The molecule has 0 radical (unpaired) electrons. The quantitative estimate of drug-likeness (QED) is 0.330. The average Bonchev–Trinajstić information content (AvgIpc) is 3.11. The summed E-state index contributed by atoms with van der Waals surface area (Å²) in [5.74, 6) is 0.694. The van der Waals surface area contributed by atoms with Crippen LogP contribution in [0.15, 0.2) is 33.5 Å². The molecular formula is C24H33BrN4O. The molecule has 1 aromatic carbocycles. The second kappa shape index (κ2) is 10.9. The molecule has 0 spiro atoms. The van der Waals surface area contributed by atoms with Gasteiger partial charge < -0.3 is 4.98 Å². The number of benzene rings is 1. The number of aromatic nitrogens is 4. The molecule has 0 aliphatic carbocycles. The fourth-order valence-electron chi connectivity index (χ4n) is 4.07. The summed E-state index contributed by atoms with van der Waals surface area (Å²) >= 11 is 3.47. The highest BCUT2D eigenvalue weighted by molar-refractivity contribution is 9.10. The van der Waals surface area contributed by atoms with E-state index in [0.717, 1.165) is 47.1 Å². The summed E-state index contributed by atoms with van der Waals surface area (Å²) in [5.41, 5.74) is 2.64. The zero-order valence-corrected chi connectivity index (χ0v) is 20.0. The zero-order chi connectivity index (χ0) is 21.5. The molecule has 0 fully saturated rings. The first-order valence-electron chi connectivity index (χ1n) is 11.3. The van der Waals surface area contributed by atoms with Gasteiger partial charge >= 0.3 is 0 Å². The molecule has 1 N–H and O–H groups in total. The van der Waals surface area contributed by atoms with E-state index in [1.807, 2.05) is 12.1 Å². The van der Waals surface area contributed by atoms with Crippen molar-refractivity contribution >= 4 is 27.0 Å². The van der Waals surface area contributed by atoms with Crippen LogP contribution in [-0.4, -0.2) is 19.7 Å². The molecule has 0 aliphatic rings. The Morgan fingerprint density at radius 3 is 2.47 bits per heavy atom. The van der Waals surface area contributed by atoms with Gasteiger partial charge in [-0.15, -0.1) is 0 Å². The van der Waals surface area contributed by atoms with Crippen LogP contribution in [0.2, 0.25) is 0 Å². The third-order valence-electron chi connectivity index (χ3n) is 5.66. The average molecular weight is 473 g/mol. The van der Waals surface area contributed by atoms with Crippen LogP contribution in [0.25, 0.3) is 11.0 Å². The molecule has 6 heteroatoms. The Kier molecular flexibility index (Phi) is 8.25. The largest absolute Gasteiger partial charge is 0.310 e. The van der Waals surface area contributed by atoms with Gasteiger partial charge in [-0.25, -0.2) is 9.67 Å². The van der Waals surface area contributed by atoms with Crippen LogP contribution >= 0.6 is 15.9 Å². The molecule has 3 rings (SSSR count). The summed E-state index contributed by atoms with van der Waals surface area (Å²) in [6.45, 7) is 6.50. The maximum Gasteiger partial charge on any atom is 0.262 e. The number of aromatic amines is 1. The topological polar surface area (TPSA) is 63.6 Å². The van der Waals surface area contributed by atoms with Gasteiger partial charge in [0.25, 0.3) is 5.56 Å². The van der Waals surface area contributed by atoms with Crippen LogP contribution in [-0.2, 0) is 12.8 Å². The molecule has 5 nitrogen and oxygen atoms in total. The molecule has 0 amide bonds. The number of nitrogens with one attached hydrogen (secondary N) is 1. The van der Waals surface area contributed by atoms with Crippen LogP contribution in [0, 0.1) is 0 Å². The molecule has 30 heavy (non-hydrogen) atoms. The summed E-state index contributed by atoms with van der Waals surface area (Å²) in [7, 11) is 0. The highest BCUT2D eigenvalue weighted by Crippen LogP contribution is 2.26. The van der Waals surface area contributed by atoms with Crippen molar-refractivity contribution in [2.45, 2.75) is 84.6 Å². The van der Waals surface area contributed by atoms with E-state index < -0.39 is 0 Å². The second-order valence-electron chi connectivity index (χ2n) is 8.05. The summed E-state index contributed by atoms with van der Waals surface area (Å²) in [6.07, 6.45) is 9.52. The van der Waals surface area contributed by atoms with Crippen molar-refractivity contribution in [2.75, 3.05) is 0 Å². The number of nitrogens with zero attached hydrogens (tertiary/aromatic N) is 3. The van der Waals surface area contributed by atoms with Crippen molar-refractivity contribution < 1.29 is 0 Å². The third-order valence-corrected chi connectivity index (χ3v) is 6.19. The molecule has 0 saturated carbocycles. The molecule has 162 valence electrons. The lowest BCUT2D eigenvalue weighted by Gasteiger charge is -2.17. The molecule has 0 bridgehead atoms. The van der Waals surface area contributed by atoms with Gasteiger partial charge in [0.2, 0.25) is 0 Å². The van der Waals surface area contributed by atoms with Gasteiger partial charge in [0, 0.05) is 10.9 Å². The van der Waals surface area contributed by atoms with Gasteiger partial charge in [-0.2, -0.15) is 5.10 Å². The molecule has 1 unspecified atom stereocenters. The summed E-state index contributed by atoms with van der Waals surface area (Å²) in [5, 5.41) is 5.53. The van der Waals surface area contributed by atoms with Gasteiger partial charge in [0.05, 0.1) is 11.7 Å². The van der Waals surface area contributed by atoms with Crippen molar-refractivity contribution in [2.24, 2.45) is 0 Å². The second-order valence-corrected chi connectivity index (χ2v) is 8.97. The smallest absolute Gasteiger partial charge is 0.262 e. The van der Waals surface area contributed by atoms with Crippen molar-refractivity contribution in [3.05, 3.63) is 56.2 Å². The standard InChI is InChI=1S/C24H33BrN4O/c1-4-7-8-9-11-19(10-5-2)29-23-22(20(6-3)28-29)24(30)27-21(26-23)16-17-12-14-18(25)15-13-17/h12-15,19H,4-11,16H2,1-3H3,(H,26,27,30). The number of fused-ring (bicyclic) bond motifs is 1. The first kappa shape index (κ1) is 22.7. The number of H-pyrrole nitrogens is 1. The molecule has 3 aromatic rings. The lowest BCUT2D eigenvalue weighted by molar-refractivity contribution is 0.385. The number of rotatable bonds is 11. The monoisotopic (exact) mass is 472 g/mol. The van der Waals surface area contributed by atoms with E-state index in [0.29, 0.717) is 23.7 Å². The van der Waals surface area contributed by atoms with Gasteiger partial charge in [0.1, 0.15) is 11.2 Å². The van der Waals surface area contributed by atoms with Crippen LogP contribution in [0.3, 0.4) is 0 Å². The van der Waals surface area contributed by atoms with Crippen molar-refractivity contribution in [1.82, 2.24) is 19.7 Å². The van der Waals surface area contributed by atoms with Gasteiger partial charge in [-0.05, 0) is 37.0 Å². The predicted octanol–water partition coefficient (Wildman–Crippen LogP) is 6.35. The van der Waals surface area contributed by atoms with Crippen LogP contribution in [0.4, 0.5) is 0 Å². The van der Waals surface area contributed by atoms with E-state index in [1.165, 1.54) is 25.7 Å². The molecule has 2 aromatic heterocycles. The van der Waals surface area contributed by atoms with Gasteiger partial charge in [0.15, 0.2) is 5.65 Å². The van der Waals surface area contributed by atoms with E-state index in [2.05, 4.69) is 58.5 Å². The normalized spacial score (nSPS) is 12.5. The molecular weight excluding hydrogens is 440 g/mol. The molecule has 1 atom stereocenters. The summed E-state index contributed by atoms with van der Waals surface area (Å²) in [4.78, 5) is 20.9. The predicted molar refractivity (Wildman–Crippen MR) is 127 cm³/mol. The van der Waals surface area contributed by atoms with Gasteiger partial charge in [-0.3, -0.25) is 4.79 Å². The Morgan fingerprint density at radius 1 is 1.03 bits per heavy atom. The highest BCUT2D eigenvalue weighted by Gasteiger charge is 2.21. The Balaban J connectivity index is 1.98. The maximum absolute atomic E-state index is 13.0. The third kappa shape index (κ3) is 5.39. The molecule has 0 saturated heterocycles. The summed E-state index contributed by atoms with van der Waals surface area (Å²) < 4.78 is 3.10. The first-order valence-corrected chi connectivity index (χ1v) is 12.1. The number of aryl methyl sites for hydroxylation is 1. The first-order chi connectivity index (χ1) is 14.6. The Bertz CT molecular complexity index is 1010. The SMILES string of the molecule is CCCCCCC(CCC)n1nc(CC)c2c(=O)[nH]c(Cc3ccc(Br)cc3)nc21. The Labute approximate surface area is 187 Å². The summed E-state index contributed by atoms with van der Waals surface area (Å²) in [6, 6.07) is 8.43. The van der Waals surface area contributed by atoms with Crippen LogP contribution in [0.5, 0.6) is 0 Å². The van der Waals surface area contributed by atoms with Crippen LogP contribution < -0.4 is 5.56 Å². The number of hydrogen-bond donors (Lipinski definition) is 1. The molecule has 0 aliphatic heterocycles. The van der Waals surface area contributed by atoms with E-state index >= 15 is 0 Å². The van der Waals surface area contributed by atoms with E-state index in [-0.39, 0.29) is 5.56 Å². The van der Waals surface area contributed by atoms with Crippen molar-refractivity contribution in [1.29, 1.82) is 0 Å². The Morgan fingerprint density at radius 2 is 1.80 bits per heavy atom. The zero-order valence-electron chi connectivity index (χ0n) is 18.4. The Hall–Kier alpha value is -1.95. The fraction of sp³-hybridized carbons (Fsp3) is 0.542. The fourth-order valence-corrected chi connectivity index (χ4v) is 4.33. The minimum atomic E-state index is -0.0727. The number of halogens is 1. The highest BCUT2D eigenvalue weighted by atomic mass is 79.9. The number of hydrogen-bond acceptors (Lipinski definition) is 3. The van der Waals surface area contributed by atoms with Gasteiger partial charge in [-0.1, -0.05) is 80.9 Å². The van der Waals surface area contributed by atoms with Crippen LogP contribution in [0.1, 0.15) is 88.8 Å². The molecule has 2 heterocycles. The number of unbranched alkanes of at least 4 members (excludes halogenated alkanes) is 3. The van der Waals surface area contributed by atoms with Crippen molar-refractivity contribution in [3.8, 4) is 0 Å². The van der Waals surface area contributed by atoms with E-state index in [1.54, 1.807) is 0 Å². The van der Waals surface area contributed by atoms with Crippen molar-refractivity contribution in [3.63, 3.8) is 0 Å². The lowest BCUT2D eigenvalue weighted by atomic mass is 10.0. The maximum atomic E-state index is 13.0. The minimum Gasteiger partial charge on any atom is -0.310 e. The van der Waals surface area contributed by atoms with E-state index in [4.69, 9.17) is 10.1 Å².